The minimum absolute atomic E-state index is 0.197. The first-order valence-electron chi connectivity index (χ1n) is 6.64. The van der Waals surface area contributed by atoms with Crippen molar-refractivity contribution in [2.24, 2.45) is 0 Å². The van der Waals surface area contributed by atoms with E-state index < -0.39 is 20.2 Å². The molecule has 2 aromatic rings. The van der Waals surface area contributed by atoms with Gasteiger partial charge < -0.3 is 4.74 Å². The van der Waals surface area contributed by atoms with Crippen LogP contribution < -0.4 is 0 Å². The Bertz CT molecular complexity index is 677. The minimum Gasteiger partial charge on any atom is -0.359 e. The van der Waals surface area contributed by atoms with E-state index in [1.807, 2.05) is 22.6 Å². The van der Waals surface area contributed by atoms with E-state index in [9.17, 15) is 8.78 Å². The van der Waals surface area contributed by atoms with Gasteiger partial charge in [0, 0.05) is 14.7 Å². The molecule has 10 heteroatoms. The van der Waals surface area contributed by atoms with E-state index in [1.54, 1.807) is 0 Å². The highest BCUT2D eigenvalue weighted by Gasteiger charge is 2.21. The van der Waals surface area contributed by atoms with Crippen molar-refractivity contribution in [3.8, 4) is 0 Å². The van der Waals surface area contributed by atoms with Crippen molar-refractivity contribution in [3.63, 3.8) is 0 Å². The predicted octanol–water partition coefficient (Wildman–Crippen LogP) is 4.33. The zero-order valence-corrected chi connectivity index (χ0v) is 16.3. The van der Waals surface area contributed by atoms with E-state index >= 15 is 0 Å². The zero-order valence-electron chi connectivity index (χ0n) is 12.4. The van der Waals surface area contributed by atoms with Crippen LogP contribution in [0.4, 0.5) is 8.78 Å². The molecule has 0 unspecified atom stereocenters. The average molecular weight is 461 g/mol. The van der Waals surface area contributed by atoms with Gasteiger partial charge in [-0.05, 0) is 28.6 Å². The number of ether oxygens (including phenoxy) is 1. The average Bonchev–Trinajstić information content (AvgIpc) is 2.68. The molecule has 2 aromatic heterocycles. The molecule has 0 atom stereocenters. The summed E-state index contributed by atoms with van der Waals surface area (Å²) in [6.45, 7) is 7.62. The normalized spacial score (nSPS) is 12.5. The van der Waals surface area contributed by atoms with Crippen molar-refractivity contribution in [1.29, 1.82) is 0 Å². The highest BCUT2D eigenvalue weighted by Crippen LogP contribution is 2.27. The standard InChI is InChI=1S/C12H16ClF2IN4OSi/c1-22(2,3)5-4-21-6-20-12-8(11(16)19-20)17-7(10(14)15)9(13)18-12/h10H,4-6H2,1-3H3. The highest BCUT2D eigenvalue weighted by molar-refractivity contribution is 14.1. The minimum atomic E-state index is -2.77. The Balaban J connectivity index is 2.19. The molecule has 0 N–H and O–H groups in total. The molecular weight excluding hydrogens is 445 g/mol. The fourth-order valence-corrected chi connectivity index (χ4v) is 3.28. The maximum absolute atomic E-state index is 12.8. The van der Waals surface area contributed by atoms with Crippen LogP contribution in [-0.4, -0.2) is 34.4 Å². The first kappa shape index (κ1) is 18.0. The van der Waals surface area contributed by atoms with Crippen LogP contribution in [0.1, 0.15) is 12.1 Å². The smallest absolute Gasteiger partial charge is 0.283 e. The van der Waals surface area contributed by atoms with Gasteiger partial charge in [0.05, 0.1) is 0 Å². The molecular formula is C12H16ClF2IN4OSi. The molecule has 0 saturated heterocycles. The van der Waals surface area contributed by atoms with Gasteiger partial charge in [-0.2, -0.15) is 5.10 Å². The summed E-state index contributed by atoms with van der Waals surface area (Å²) in [6.07, 6.45) is -2.77. The third kappa shape index (κ3) is 4.33. The molecule has 0 spiro atoms. The molecule has 0 aliphatic heterocycles. The van der Waals surface area contributed by atoms with Gasteiger partial charge in [-0.1, -0.05) is 31.2 Å². The summed E-state index contributed by atoms with van der Waals surface area (Å²) in [4.78, 5) is 7.87. The maximum Gasteiger partial charge on any atom is 0.283 e. The number of hydrogen-bond acceptors (Lipinski definition) is 4. The molecule has 122 valence electrons. The molecule has 22 heavy (non-hydrogen) atoms. The molecule has 0 bridgehead atoms. The van der Waals surface area contributed by atoms with Crippen LogP contribution in [0.5, 0.6) is 0 Å². The van der Waals surface area contributed by atoms with E-state index in [0.29, 0.717) is 21.5 Å². The monoisotopic (exact) mass is 460 g/mol. The van der Waals surface area contributed by atoms with Crippen molar-refractivity contribution in [2.45, 2.75) is 38.8 Å². The lowest BCUT2D eigenvalue weighted by Crippen LogP contribution is -2.22. The maximum atomic E-state index is 12.8. The van der Waals surface area contributed by atoms with Crippen LogP contribution in [-0.2, 0) is 11.5 Å². The van der Waals surface area contributed by atoms with Gasteiger partial charge in [-0.25, -0.2) is 23.4 Å². The van der Waals surface area contributed by atoms with Gasteiger partial charge in [0.2, 0.25) is 0 Å². The topological polar surface area (TPSA) is 52.8 Å². The number of halogens is 4. The van der Waals surface area contributed by atoms with Crippen LogP contribution in [0.25, 0.3) is 11.2 Å². The largest absolute Gasteiger partial charge is 0.359 e. The molecule has 0 radical (unpaired) electrons. The zero-order chi connectivity index (χ0) is 16.5. The number of aromatic nitrogens is 4. The summed E-state index contributed by atoms with van der Waals surface area (Å²) in [5, 5.41) is 3.92. The molecule has 5 nitrogen and oxygen atoms in total. The van der Waals surface area contributed by atoms with Crippen molar-refractivity contribution in [3.05, 3.63) is 14.5 Å². The third-order valence-corrected chi connectivity index (χ3v) is 5.63. The second-order valence-corrected chi connectivity index (χ2v) is 13.0. The Morgan fingerprint density at radius 2 is 2.00 bits per heavy atom. The third-order valence-electron chi connectivity index (χ3n) is 2.92. The van der Waals surface area contributed by atoms with Gasteiger partial charge in [0.1, 0.15) is 17.9 Å². The van der Waals surface area contributed by atoms with Crippen LogP contribution in [0.3, 0.4) is 0 Å². The summed E-state index contributed by atoms with van der Waals surface area (Å²) in [5.41, 5.74) is 0.146. The molecule has 2 rings (SSSR count). The van der Waals surface area contributed by atoms with Crippen molar-refractivity contribution >= 4 is 53.4 Å². The van der Waals surface area contributed by atoms with E-state index in [2.05, 4.69) is 34.7 Å². The number of hydrogen-bond donors (Lipinski definition) is 0. The van der Waals surface area contributed by atoms with E-state index in [1.165, 1.54) is 4.68 Å². The van der Waals surface area contributed by atoms with E-state index in [4.69, 9.17) is 16.3 Å². The molecule has 2 heterocycles. The van der Waals surface area contributed by atoms with E-state index in [0.717, 1.165) is 6.04 Å². The second-order valence-electron chi connectivity index (χ2n) is 6.01. The molecule has 0 aromatic carbocycles. The summed E-state index contributed by atoms with van der Waals surface area (Å²) < 4.78 is 33.2. The quantitative estimate of drug-likeness (QED) is 0.366. The summed E-state index contributed by atoms with van der Waals surface area (Å²) >= 11 is 7.70. The van der Waals surface area contributed by atoms with Crippen LogP contribution >= 0.6 is 34.2 Å². The van der Waals surface area contributed by atoms with Crippen molar-refractivity contribution in [1.82, 2.24) is 19.7 Å². The lowest BCUT2D eigenvalue weighted by atomic mass is 10.4. The Morgan fingerprint density at radius 3 is 2.59 bits per heavy atom. The van der Waals surface area contributed by atoms with Crippen molar-refractivity contribution in [2.75, 3.05) is 6.61 Å². The lowest BCUT2D eigenvalue weighted by Gasteiger charge is -2.15. The van der Waals surface area contributed by atoms with Gasteiger partial charge in [0.25, 0.3) is 6.43 Å². The molecule has 0 aliphatic rings. The lowest BCUT2D eigenvalue weighted by molar-refractivity contribution is 0.0810. The highest BCUT2D eigenvalue weighted by atomic mass is 127. The van der Waals surface area contributed by atoms with Gasteiger partial charge in [-0.15, -0.1) is 0 Å². The Morgan fingerprint density at radius 1 is 1.32 bits per heavy atom. The Labute approximate surface area is 146 Å². The number of fused-ring (bicyclic) bond motifs is 1. The number of alkyl halides is 2. The molecule has 0 fully saturated rings. The summed E-state index contributed by atoms with van der Waals surface area (Å²) in [6, 6.07) is 1.03. The van der Waals surface area contributed by atoms with Crippen LogP contribution in [0.2, 0.25) is 30.8 Å². The Hall–Kier alpha value is -0.393. The summed E-state index contributed by atoms with van der Waals surface area (Å²) in [7, 11) is -1.16. The van der Waals surface area contributed by atoms with Gasteiger partial charge in [0.15, 0.2) is 14.5 Å². The SMILES string of the molecule is C[Si](C)(C)CCOCn1nc(I)c2nc(C(F)F)c(Cl)nc21. The Kier molecular flexibility index (Phi) is 5.72. The first-order chi connectivity index (χ1) is 10.2. The van der Waals surface area contributed by atoms with Gasteiger partial charge >= 0.3 is 0 Å². The molecule has 0 aliphatic carbocycles. The van der Waals surface area contributed by atoms with E-state index in [-0.39, 0.29) is 11.9 Å². The predicted molar refractivity (Wildman–Crippen MR) is 92.1 cm³/mol. The first-order valence-corrected chi connectivity index (χ1v) is 11.8. The fraction of sp³-hybridized carbons (Fsp3) is 0.583. The number of rotatable bonds is 6. The fourth-order valence-electron chi connectivity index (χ4n) is 1.70. The molecule has 0 saturated carbocycles. The number of nitrogens with zero attached hydrogens (tertiary/aromatic N) is 4. The molecule has 0 amide bonds. The second kappa shape index (κ2) is 7.01. The van der Waals surface area contributed by atoms with Gasteiger partial charge in [-0.3, -0.25) is 0 Å². The van der Waals surface area contributed by atoms with Crippen LogP contribution in [0.15, 0.2) is 0 Å². The summed E-state index contributed by atoms with van der Waals surface area (Å²) in [5.74, 6) is 0. The van der Waals surface area contributed by atoms with Crippen LogP contribution in [0, 0.1) is 3.70 Å². The van der Waals surface area contributed by atoms with Crippen molar-refractivity contribution < 1.29 is 13.5 Å².